The van der Waals surface area contributed by atoms with Crippen molar-refractivity contribution >= 4 is 17.8 Å². The first kappa shape index (κ1) is 20.2. The molecule has 1 heterocycles. The van der Waals surface area contributed by atoms with Crippen LogP contribution < -0.4 is 16.0 Å². The monoisotopic (exact) mass is 352 g/mol. The summed E-state index contributed by atoms with van der Waals surface area (Å²) < 4.78 is 36.3. The normalized spacial score (nSPS) is 17.9. The Labute approximate surface area is 138 Å². The van der Waals surface area contributed by atoms with Crippen molar-refractivity contribution in [2.75, 3.05) is 26.2 Å². The molecule has 1 saturated heterocycles. The smallest absolute Gasteiger partial charge is 0.347 e. The Balaban J connectivity index is 2.40. The number of carbonyl (C=O) groups is 3. The molecule has 0 aromatic carbocycles. The molecule has 0 saturated carbocycles. The molecule has 0 spiro atoms. The van der Waals surface area contributed by atoms with E-state index in [0.29, 0.717) is 32.5 Å². The van der Waals surface area contributed by atoms with E-state index in [1.54, 1.807) is 18.7 Å². The number of hydrogen-bond donors (Lipinski definition) is 3. The number of alkyl halides is 3. The maximum atomic E-state index is 12.1. The molecule has 1 aliphatic rings. The summed E-state index contributed by atoms with van der Waals surface area (Å²) in [7, 11) is 0. The second-order valence-corrected chi connectivity index (χ2v) is 5.67. The fourth-order valence-electron chi connectivity index (χ4n) is 2.47. The molecule has 3 N–H and O–H groups in total. The number of piperidine rings is 1. The molecule has 1 aliphatic heterocycles. The Kier molecular flexibility index (Phi) is 7.46. The third kappa shape index (κ3) is 6.73. The standard InChI is InChI=1S/C14H23F3N4O3/c1-3-18-13(24)20-11(22)9(2)21-6-4-10(5-7-21)12(23)19-8-14(15,16)17/h9-10H,3-8H2,1-2H3,(H,19,23)(H2,18,20,22,24). The number of amides is 4. The van der Waals surface area contributed by atoms with Gasteiger partial charge in [0, 0.05) is 12.5 Å². The number of rotatable bonds is 5. The highest BCUT2D eigenvalue weighted by Gasteiger charge is 2.33. The summed E-state index contributed by atoms with van der Waals surface area (Å²) in [5, 5.41) is 6.55. The molecule has 1 atom stereocenters. The zero-order chi connectivity index (χ0) is 18.3. The molecule has 1 unspecified atom stereocenters. The maximum Gasteiger partial charge on any atom is 0.405 e. The molecule has 7 nitrogen and oxygen atoms in total. The van der Waals surface area contributed by atoms with E-state index in [9.17, 15) is 27.6 Å². The van der Waals surface area contributed by atoms with E-state index < -0.39 is 42.5 Å². The van der Waals surface area contributed by atoms with Crippen molar-refractivity contribution in [3.63, 3.8) is 0 Å². The SMILES string of the molecule is CCNC(=O)NC(=O)C(C)N1CCC(C(=O)NCC(F)(F)F)CC1. The van der Waals surface area contributed by atoms with E-state index in [0.717, 1.165) is 0 Å². The van der Waals surface area contributed by atoms with E-state index >= 15 is 0 Å². The first-order chi connectivity index (χ1) is 11.1. The van der Waals surface area contributed by atoms with Gasteiger partial charge in [-0.05, 0) is 39.8 Å². The number of nitrogens with zero attached hydrogens (tertiary/aromatic N) is 1. The van der Waals surface area contributed by atoms with Gasteiger partial charge in [0.2, 0.25) is 11.8 Å². The summed E-state index contributed by atoms with van der Waals surface area (Å²) in [5.74, 6) is -1.57. The topological polar surface area (TPSA) is 90.5 Å². The second kappa shape index (κ2) is 8.86. The van der Waals surface area contributed by atoms with Gasteiger partial charge in [0.05, 0.1) is 6.04 Å². The van der Waals surface area contributed by atoms with Crippen molar-refractivity contribution in [2.24, 2.45) is 5.92 Å². The van der Waals surface area contributed by atoms with Crippen molar-refractivity contribution in [1.29, 1.82) is 0 Å². The number of halogens is 3. The molecule has 0 aromatic heterocycles. The molecule has 24 heavy (non-hydrogen) atoms. The van der Waals surface area contributed by atoms with Crippen LogP contribution in [-0.4, -0.2) is 61.1 Å². The molecule has 4 amide bonds. The van der Waals surface area contributed by atoms with Crippen molar-refractivity contribution in [2.45, 2.75) is 38.9 Å². The molecule has 1 rings (SSSR count). The number of carbonyl (C=O) groups excluding carboxylic acids is 3. The predicted molar refractivity (Wildman–Crippen MR) is 80.0 cm³/mol. The summed E-state index contributed by atoms with van der Waals surface area (Å²) in [6, 6.07) is -1.14. The molecule has 0 aromatic rings. The van der Waals surface area contributed by atoms with Crippen LogP contribution in [0.3, 0.4) is 0 Å². The van der Waals surface area contributed by atoms with E-state index in [1.165, 1.54) is 0 Å². The largest absolute Gasteiger partial charge is 0.405 e. The fourth-order valence-corrected chi connectivity index (χ4v) is 2.47. The van der Waals surface area contributed by atoms with Gasteiger partial charge in [-0.25, -0.2) is 4.79 Å². The van der Waals surface area contributed by atoms with Gasteiger partial charge in [-0.1, -0.05) is 0 Å². The highest BCUT2D eigenvalue weighted by Crippen LogP contribution is 2.20. The third-order valence-electron chi connectivity index (χ3n) is 3.86. The van der Waals surface area contributed by atoms with Crippen LogP contribution in [0.2, 0.25) is 0 Å². The number of likely N-dealkylation sites (tertiary alicyclic amines) is 1. The summed E-state index contributed by atoms with van der Waals surface area (Å²) in [4.78, 5) is 36.8. The number of hydrogen-bond acceptors (Lipinski definition) is 4. The summed E-state index contributed by atoms with van der Waals surface area (Å²) >= 11 is 0. The lowest BCUT2D eigenvalue weighted by Gasteiger charge is -2.34. The first-order valence-corrected chi connectivity index (χ1v) is 7.81. The minimum atomic E-state index is -4.43. The molecule has 1 fully saturated rings. The van der Waals surface area contributed by atoms with Crippen LogP contribution in [0.4, 0.5) is 18.0 Å². The first-order valence-electron chi connectivity index (χ1n) is 7.81. The Morgan fingerprint density at radius 3 is 2.25 bits per heavy atom. The summed E-state index contributed by atoms with van der Waals surface area (Å²) in [6.45, 7) is 3.21. The lowest BCUT2D eigenvalue weighted by atomic mass is 9.95. The van der Waals surface area contributed by atoms with E-state index in [-0.39, 0.29) is 0 Å². The average Bonchev–Trinajstić information content (AvgIpc) is 2.51. The van der Waals surface area contributed by atoms with Crippen LogP contribution in [0.25, 0.3) is 0 Å². The molecule has 0 aliphatic carbocycles. The summed E-state index contributed by atoms with van der Waals surface area (Å²) in [6.07, 6.45) is -3.70. The lowest BCUT2D eigenvalue weighted by molar-refractivity contribution is -0.142. The Morgan fingerprint density at radius 1 is 1.17 bits per heavy atom. The summed E-state index contributed by atoms with van der Waals surface area (Å²) in [5.41, 5.74) is 0. The number of imide groups is 1. The number of urea groups is 1. The molecule has 0 radical (unpaired) electrons. The molecule has 10 heteroatoms. The minimum absolute atomic E-state index is 0.364. The van der Waals surface area contributed by atoms with E-state index in [1.807, 2.05) is 5.32 Å². The van der Waals surface area contributed by atoms with Gasteiger partial charge in [0.1, 0.15) is 6.54 Å². The lowest BCUT2D eigenvalue weighted by Crippen LogP contribution is -2.52. The van der Waals surface area contributed by atoms with Crippen molar-refractivity contribution < 1.29 is 27.6 Å². The molecule has 0 bridgehead atoms. The van der Waals surface area contributed by atoms with Crippen molar-refractivity contribution in [3.05, 3.63) is 0 Å². The van der Waals surface area contributed by atoms with Crippen LogP contribution >= 0.6 is 0 Å². The second-order valence-electron chi connectivity index (χ2n) is 5.67. The highest BCUT2D eigenvalue weighted by molar-refractivity contribution is 5.96. The van der Waals surface area contributed by atoms with Gasteiger partial charge in [0.15, 0.2) is 0 Å². The maximum absolute atomic E-state index is 12.1. The molecular weight excluding hydrogens is 329 g/mol. The van der Waals surface area contributed by atoms with Gasteiger partial charge >= 0.3 is 12.2 Å². The van der Waals surface area contributed by atoms with Gasteiger partial charge in [-0.2, -0.15) is 13.2 Å². The fraction of sp³-hybridized carbons (Fsp3) is 0.786. The quantitative estimate of drug-likeness (QED) is 0.676. The Hall–Kier alpha value is -1.84. The molecular formula is C14H23F3N4O3. The Bertz CT molecular complexity index is 463. The average molecular weight is 352 g/mol. The van der Waals surface area contributed by atoms with Gasteiger partial charge < -0.3 is 10.6 Å². The van der Waals surface area contributed by atoms with Crippen LogP contribution in [0.15, 0.2) is 0 Å². The van der Waals surface area contributed by atoms with Crippen molar-refractivity contribution in [1.82, 2.24) is 20.9 Å². The molecule has 138 valence electrons. The van der Waals surface area contributed by atoms with Crippen LogP contribution in [0, 0.1) is 5.92 Å². The zero-order valence-corrected chi connectivity index (χ0v) is 13.7. The van der Waals surface area contributed by atoms with E-state index in [2.05, 4.69) is 10.6 Å². The van der Waals surface area contributed by atoms with Crippen LogP contribution in [0.1, 0.15) is 26.7 Å². The minimum Gasteiger partial charge on any atom is -0.347 e. The highest BCUT2D eigenvalue weighted by atomic mass is 19.4. The van der Waals surface area contributed by atoms with E-state index in [4.69, 9.17) is 0 Å². The van der Waals surface area contributed by atoms with Crippen LogP contribution in [0.5, 0.6) is 0 Å². The van der Waals surface area contributed by atoms with Crippen LogP contribution in [-0.2, 0) is 9.59 Å². The van der Waals surface area contributed by atoms with Gasteiger partial charge in [0.25, 0.3) is 0 Å². The van der Waals surface area contributed by atoms with Crippen molar-refractivity contribution in [3.8, 4) is 0 Å². The predicted octanol–water partition coefficient (Wildman–Crippen LogP) is 0.611. The Morgan fingerprint density at radius 2 is 1.75 bits per heavy atom. The third-order valence-corrected chi connectivity index (χ3v) is 3.86. The zero-order valence-electron chi connectivity index (χ0n) is 13.7. The number of nitrogens with one attached hydrogen (secondary N) is 3. The van der Waals surface area contributed by atoms with Gasteiger partial charge in [-0.15, -0.1) is 0 Å². The van der Waals surface area contributed by atoms with Gasteiger partial charge in [-0.3, -0.25) is 19.8 Å².